The molecular formula is C10H17BrFNOS. The van der Waals surface area contributed by atoms with Gasteiger partial charge in [-0.15, -0.1) is 11.8 Å². The predicted octanol–water partition coefficient (Wildman–Crippen LogP) is 2.67. The third-order valence-electron chi connectivity index (χ3n) is 2.54. The van der Waals surface area contributed by atoms with Crippen LogP contribution in [0.1, 0.15) is 19.8 Å². The molecule has 1 amide bonds. The largest absolute Gasteiger partial charge is 0.332 e. The number of alkyl halides is 2. The summed E-state index contributed by atoms with van der Waals surface area (Å²) in [6, 6.07) is 0. The van der Waals surface area contributed by atoms with E-state index in [1.54, 1.807) is 18.7 Å². The second-order valence-electron chi connectivity index (χ2n) is 3.85. The summed E-state index contributed by atoms with van der Waals surface area (Å²) in [5.41, 5.74) is 0. The van der Waals surface area contributed by atoms with Gasteiger partial charge in [-0.25, -0.2) is 0 Å². The van der Waals surface area contributed by atoms with Gasteiger partial charge in [0.25, 0.3) is 0 Å². The highest BCUT2D eigenvalue weighted by molar-refractivity contribution is 9.09. The second kappa shape index (κ2) is 6.74. The van der Waals surface area contributed by atoms with Crippen LogP contribution >= 0.6 is 27.7 Å². The standard InChI is InChI=1S/C10H17BrFNOS/c1-8(6-12)9-10(14)13(7-15-9)5-3-2-4-11/h8-9H,2-7H2,1H3. The van der Waals surface area contributed by atoms with E-state index in [0.29, 0.717) is 0 Å². The maximum atomic E-state index is 12.5. The van der Waals surface area contributed by atoms with Crippen LogP contribution in [0.15, 0.2) is 0 Å². The number of carbonyl (C=O) groups is 1. The molecule has 0 aromatic carbocycles. The molecule has 0 spiro atoms. The molecule has 5 heteroatoms. The monoisotopic (exact) mass is 297 g/mol. The Labute approximate surface area is 103 Å². The Morgan fingerprint density at radius 3 is 3.00 bits per heavy atom. The van der Waals surface area contributed by atoms with Crippen molar-refractivity contribution in [2.24, 2.45) is 5.92 Å². The molecule has 1 aliphatic heterocycles. The van der Waals surface area contributed by atoms with Crippen molar-refractivity contribution in [3.05, 3.63) is 0 Å². The fourth-order valence-corrected chi connectivity index (χ4v) is 3.23. The summed E-state index contributed by atoms with van der Waals surface area (Å²) >= 11 is 4.94. The van der Waals surface area contributed by atoms with E-state index in [2.05, 4.69) is 15.9 Å². The lowest BCUT2D eigenvalue weighted by atomic mass is 10.1. The highest BCUT2D eigenvalue weighted by atomic mass is 79.9. The van der Waals surface area contributed by atoms with E-state index in [9.17, 15) is 9.18 Å². The number of carbonyl (C=O) groups excluding carboxylic acids is 1. The third kappa shape index (κ3) is 3.63. The van der Waals surface area contributed by atoms with Crippen molar-refractivity contribution < 1.29 is 9.18 Å². The zero-order valence-corrected chi connectivity index (χ0v) is 11.3. The van der Waals surface area contributed by atoms with Crippen LogP contribution in [0.5, 0.6) is 0 Å². The average Bonchev–Trinajstić information content (AvgIpc) is 2.60. The van der Waals surface area contributed by atoms with Crippen LogP contribution in [-0.2, 0) is 4.79 Å². The molecule has 0 N–H and O–H groups in total. The molecule has 0 aliphatic carbocycles. The molecule has 1 rings (SSSR count). The summed E-state index contributed by atoms with van der Waals surface area (Å²) in [6.07, 6.45) is 2.10. The summed E-state index contributed by atoms with van der Waals surface area (Å²) in [4.78, 5) is 13.7. The molecule has 0 saturated carbocycles. The fourth-order valence-electron chi connectivity index (χ4n) is 1.55. The van der Waals surface area contributed by atoms with Gasteiger partial charge in [0.2, 0.25) is 5.91 Å². The van der Waals surface area contributed by atoms with Crippen molar-refractivity contribution in [2.45, 2.75) is 25.0 Å². The van der Waals surface area contributed by atoms with Gasteiger partial charge in [-0.1, -0.05) is 22.9 Å². The molecule has 1 aliphatic rings. The van der Waals surface area contributed by atoms with Crippen LogP contribution in [0.4, 0.5) is 4.39 Å². The molecular weight excluding hydrogens is 281 g/mol. The summed E-state index contributed by atoms with van der Waals surface area (Å²) in [7, 11) is 0. The van der Waals surface area contributed by atoms with Crippen LogP contribution in [0.2, 0.25) is 0 Å². The van der Waals surface area contributed by atoms with Crippen LogP contribution in [0.25, 0.3) is 0 Å². The van der Waals surface area contributed by atoms with Crippen molar-refractivity contribution in [2.75, 3.05) is 24.4 Å². The molecule has 15 heavy (non-hydrogen) atoms. The predicted molar refractivity (Wildman–Crippen MR) is 66.1 cm³/mol. The molecule has 1 fully saturated rings. The smallest absolute Gasteiger partial charge is 0.236 e. The molecule has 0 bridgehead atoms. The Morgan fingerprint density at radius 1 is 1.67 bits per heavy atom. The maximum Gasteiger partial charge on any atom is 0.236 e. The van der Waals surface area contributed by atoms with Crippen molar-refractivity contribution in [1.82, 2.24) is 4.90 Å². The number of hydrogen-bond donors (Lipinski definition) is 0. The quantitative estimate of drug-likeness (QED) is 0.555. The van der Waals surface area contributed by atoms with E-state index in [1.165, 1.54) is 0 Å². The highest BCUT2D eigenvalue weighted by Gasteiger charge is 2.35. The molecule has 0 radical (unpaired) electrons. The number of halogens is 2. The van der Waals surface area contributed by atoms with Gasteiger partial charge in [0.05, 0.1) is 17.8 Å². The van der Waals surface area contributed by atoms with Crippen LogP contribution in [0.3, 0.4) is 0 Å². The van der Waals surface area contributed by atoms with Gasteiger partial charge >= 0.3 is 0 Å². The zero-order chi connectivity index (χ0) is 11.3. The molecule has 0 aromatic rings. The van der Waals surface area contributed by atoms with Gasteiger partial charge in [0, 0.05) is 17.8 Å². The summed E-state index contributed by atoms with van der Waals surface area (Å²) in [5.74, 6) is 0.708. The Bertz CT molecular complexity index is 218. The van der Waals surface area contributed by atoms with Gasteiger partial charge in [-0.05, 0) is 12.8 Å². The molecule has 2 atom stereocenters. The number of thioether (sulfide) groups is 1. The Kier molecular flexibility index (Phi) is 5.97. The van der Waals surface area contributed by atoms with E-state index in [-0.39, 0.29) is 17.1 Å². The number of nitrogens with zero attached hydrogens (tertiary/aromatic N) is 1. The van der Waals surface area contributed by atoms with Crippen LogP contribution in [-0.4, -0.2) is 40.5 Å². The second-order valence-corrected chi connectivity index (χ2v) is 5.74. The van der Waals surface area contributed by atoms with Crippen LogP contribution < -0.4 is 0 Å². The minimum absolute atomic E-state index is 0.125. The Morgan fingerprint density at radius 2 is 2.40 bits per heavy atom. The van der Waals surface area contributed by atoms with E-state index in [1.807, 2.05) is 4.90 Å². The molecule has 88 valence electrons. The minimum Gasteiger partial charge on any atom is -0.332 e. The van der Waals surface area contributed by atoms with Crippen molar-refractivity contribution in [3.63, 3.8) is 0 Å². The Hall–Kier alpha value is 0.230. The normalized spacial score (nSPS) is 23.5. The summed E-state index contributed by atoms with van der Waals surface area (Å²) in [5, 5.41) is 0.825. The summed E-state index contributed by atoms with van der Waals surface area (Å²) < 4.78 is 12.5. The maximum absolute atomic E-state index is 12.5. The first kappa shape index (κ1) is 13.3. The fraction of sp³-hybridized carbons (Fsp3) is 0.900. The molecule has 2 unspecified atom stereocenters. The highest BCUT2D eigenvalue weighted by Crippen LogP contribution is 2.30. The average molecular weight is 298 g/mol. The number of unbranched alkanes of at least 4 members (excludes halogenated alkanes) is 1. The van der Waals surface area contributed by atoms with E-state index >= 15 is 0 Å². The lowest BCUT2D eigenvalue weighted by Crippen LogP contribution is -2.33. The van der Waals surface area contributed by atoms with Gasteiger partial charge in [0.15, 0.2) is 0 Å². The molecule has 0 aromatic heterocycles. The van der Waals surface area contributed by atoms with E-state index in [4.69, 9.17) is 0 Å². The Balaban J connectivity index is 2.35. The van der Waals surface area contributed by atoms with Crippen molar-refractivity contribution in [3.8, 4) is 0 Å². The molecule has 1 saturated heterocycles. The third-order valence-corrected chi connectivity index (χ3v) is 4.58. The minimum atomic E-state index is -0.404. The number of rotatable bonds is 6. The van der Waals surface area contributed by atoms with Gasteiger partial charge in [0.1, 0.15) is 0 Å². The first-order valence-corrected chi connectivity index (χ1v) is 7.40. The number of amides is 1. The number of hydrogen-bond acceptors (Lipinski definition) is 2. The lowest BCUT2D eigenvalue weighted by Gasteiger charge is -2.16. The first-order chi connectivity index (χ1) is 7.20. The van der Waals surface area contributed by atoms with Crippen molar-refractivity contribution >= 4 is 33.6 Å². The van der Waals surface area contributed by atoms with Gasteiger partial charge in [-0.2, -0.15) is 0 Å². The van der Waals surface area contributed by atoms with Crippen LogP contribution in [0, 0.1) is 5.92 Å². The van der Waals surface area contributed by atoms with E-state index < -0.39 is 6.67 Å². The van der Waals surface area contributed by atoms with Crippen molar-refractivity contribution in [1.29, 1.82) is 0 Å². The lowest BCUT2D eigenvalue weighted by molar-refractivity contribution is -0.129. The first-order valence-electron chi connectivity index (χ1n) is 5.23. The molecule has 2 nitrogen and oxygen atoms in total. The zero-order valence-electron chi connectivity index (χ0n) is 8.92. The topological polar surface area (TPSA) is 20.3 Å². The molecule has 1 heterocycles. The summed E-state index contributed by atoms with van der Waals surface area (Å²) in [6.45, 7) is 2.21. The van der Waals surface area contributed by atoms with E-state index in [0.717, 1.165) is 30.6 Å². The van der Waals surface area contributed by atoms with Gasteiger partial charge in [-0.3, -0.25) is 9.18 Å². The van der Waals surface area contributed by atoms with Gasteiger partial charge < -0.3 is 4.90 Å². The SMILES string of the molecule is CC(CF)C1SCN(CCCCBr)C1=O.